The Bertz CT molecular complexity index is 1320. The Balaban J connectivity index is 1.87. The molecule has 3 rings (SSSR count). The monoisotopic (exact) mass is 627 g/mol. The third kappa shape index (κ3) is 7.65. The molecule has 1 saturated carbocycles. The summed E-state index contributed by atoms with van der Waals surface area (Å²) in [5.41, 5.74) is -1.09. The molecule has 3 N–H and O–H groups in total. The Hall–Kier alpha value is -3.67. The van der Waals surface area contributed by atoms with Gasteiger partial charge in [0.1, 0.15) is 23.7 Å². The molecule has 3 amide bonds. The predicted octanol–water partition coefficient (Wildman–Crippen LogP) is 4.93. The van der Waals surface area contributed by atoms with E-state index >= 15 is 0 Å². The lowest BCUT2D eigenvalue weighted by Crippen LogP contribution is -2.55. The minimum absolute atomic E-state index is 0.0452. The number of carbonyl (C=O) groups is 4. The average molecular weight is 628 g/mol. The minimum Gasteiger partial charge on any atom is -0.497 e. The third-order valence-electron chi connectivity index (χ3n) is 7.60. The highest BCUT2D eigenvalue weighted by molar-refractivity contribution is 6.31. The van der Waals surface area contributed by atoms with Crippen LogP contribution in [0, 0.1) is 11.7 Å². The maximum Gasteiger partial charge on any atom is 0.452 e. The van der Waals surface area contributed by atoms with E-state index in [1.807, 2.05) is 0 Å². The van der Waals surface area contributed by atoms with Crippen LogP contribution in [0.3, 0.4) is 0 Å². The molecule has 2 aromatic carbocycles. The first-order chi connectivity index (χ1) is 20.1. The summed E-state index contributed by atoms with van der Waals surface area (Å²) in [6.07, 6.45) is -3.33. The third-order valence-corrected chi connectivity index (χ3v) is 7.91. The largest absolute Gasteiger partial charge is 0.497 e. The van der Waals surface area contributed by atoms with Crippen LogP contribution < -0.4 is 20.7 Å². The maximum atomic E-state index is 14.9. The van der Waals surface area contributed by atoms with E-state index in [1.165, 1.54) is 70.3 Å². The van der Waals surface area contributed by atoms with Gasteiger partial charge >= 0.3 is 6.18 Å². The van der Waals surface area contributed by atoms with Crippen LogP contribution in [-0.4, -0.2) is 48.9 Å². The van der Waals surface area contributed by atoms with Gasteiger partial charge in [-0.05, 0) is 55.5 Å². The number of hydrogen-bond acceptors (Lipinski definition) is 5. The van der Waals surface area contributed by atoms with E-state index in [4.69, 9.17) is 16.3 Å². The van der Waals surface area contributed by atoms with E-state index in [-0.39, 0.29) is 16.1 Å². The smallest absolute Gasteiger partial charge is 0.452 e. The molecule has 13 heteroatoms. The first-order valence-corrected chi connectivity index (χ1v) is 14.1. The van der Waals surface area contributed by atoms with Gasteiger partial charge in [-0.25, -0.2) is 4.39 Å². The number of Topliss-reactive ketones (excluding diaryl/α,β-unsaturated/α-hetero) is 1. The van der Waals surface area contributed by atoms with Gasteiger partial charge in [0, 0.05) is 10.6 Å². The number of amides is 3. The van der Waals surface area contributed by atoms with Crippen LogP contribution in [-0.2, 0) is 24.6 Å². The molecular formula is C30H34ClF4N3O5. The van der Waals surface area contributed by atoms with Crippen molar-refractivity contribution in [3.05, 3.63) is 64.4 Å². The van der Waals surface area contributed by atoms with Crippen LogP contribution in [0.1, 0.15) is 63.6 Å². The van der Waals surface area contributed by atoms with E-state index in [2.05, 4.69) is 16.0 Å². The van der Waals surface area contributed by atoms with Crippen LogP contribution >= 0.6 is 11.6 Å². The van der Waals surface area contributed by atoms with Crippen LogP contribution in [0.4, 0.5) is 17.6 Å². The standard InChI is InChI=1S/C30H34ClF4N3O5/c1-16(2)23(25(39)30(33,34)35)37-27(41)24(18-10-12-19(43-4)13-11-18)38-26(40)17(3)36-28(42)29(14-5-6-15-29)22-20(31)8-7-9-21(22)32/h7-13,16-17,23-24H,5-6,14-15H2,1-4H3,(H,36,42)(H,37,41)(H,38,40). The molecule has 3 atom stereocenters. The van der Waals surface area contributed by atoms with Crippen molar-refractivity contribution in [1.29, 1.82) is 0 Å². The van der Waals surface area contributed by atoms with Crippen LogP contribution in [0.2, 0.25) is 5.02 Å². The number of halogens is 5. The summed E-state index contributed by atoms with van der Waals surface area (Å²) in [5, 5.41) is 7.26. The maximum absolute atomic E-state index is 14.9. The van der Waals surface area contributed by atoms with E-state index in [0.717, 1.165) is 0 Å². The van der Waals surface area contributed by atoms with Gasteiger partial charge in [0.05, 0.1) is 18.6 Å². The Morgan fingerprint density at radius 1 is 0.907 bits per heavy atom. The molecule has 234 valence electrons. The zero-order chi connectivity index (χ0) is 32.1. The molecule has 1 fully saturated rings. The summed E-state index contributed by atoms with van der Waals surface area (Å²) in [4.78, 5) is 52.3. The van der Waals surface area contributed by atoms with Crippen molar-refractivity contribution in [2.75, 3.05) is 7.11 Å². The molecule has 0 aromatic heterocycles. The van der Waals surface area contributed by atoms with Crippen molar-refractivity contribution in [2.45, 2.75) is 76.2 Å². The molecule has 0 spiro atoms. The molecule has 0 aliphatic heterocycles. The summed E-state index contributed by atoms with van der Waals surface area (Å²) < 4.78 is 59.7. The second-order valence-electron chi connectivity index (χ2n) is 10.9. The van der Waals surface area contributed by atoms with Crippen molar-refractivity contribution >= 4 is 35.1 Å². The molecule has 1 aliphatic carbocycles. The second kappa shape index (κ2) is 13.7. The normalized spacial score (nSPS) is 16.6. The zero-order valence-corrected chi connectivity index (χ0v) is 24.9. The Morgan fingerprint density at radius 3 is 2.02 bits per heavy atom. The quantitative estimate of drug-likeness (QED) is 0.306. The lowest BCUT2D eigenvalue weighted by Gasteiger charge is -2.31. The Labute approximate surface area is 251 Å². The van der Waals surface area contributed by atoms with Crippen molar-refractivity contribution < 1.29 is 41.5 Å². The summed E-state index contributed by atoms with van der Waals surface area (Å²) in [6, 6.07) is 5.23. The van der Waals surface area contributed by atoms with Gasteiger partial charge in [0.15, 0.2) is 0 Å². The molecule has 3 unspecified atom stereocenters. The highest BCUT2D eigenvalue weighted by atomic mass is 35.5. The van der Waals surface area contributed by atoms with E-state index in [9.17, 15) is 36.7 Å². The van der Waals surface area contributed by atoms with E-state index < -0.39 is 65.0 Å². The Morgan fingerprint density at radius 2 is 1.51 bits per heavy atom. The average Bonchev–Trinajstić information content (AvgIpc) is 3.44. The van der Waals surface area contributed by atoms with Crippen LogP contribution in [0.25, 0.3) is 0 Å². The highest BCUT2D eigenvalue weighted by Gasteiger charge is 2.47. The number of methoxy groups -OCH3 is 1. The lowest BCUT2D eigenvalue weighted by molar-refractivity contribution is -0.175. The summed E-state index contributed by atoms with van der Waals surface area (Å²) in [7, 11) is 1.41. The van der Waals surface area contributed by atoms with Crippen LogP contribution in [0.5, 0.6) is 5.75 Å². The molecular weight excluding hydrogens is 594 g/mol. The van der Waals surface area contributed by atoms with Crippen molar-refractivity contribution in [3.63, 3.8) is 0 Å². The van der Waals surface area contributed by atoms with Crippen LogP contribution in [0.15, 0.2) is 42.5 Å². The van der Waals surface area contributed by atoms with E-state index in [0.29, 0.717) is 31.4 Å². The molecule has 0 radical (unpaired) electrons. The zero-order valence-electron chi connectivity index (χ0n) is 24.1. The number of nitrogens with one attached hydrogen (secondary N) is 3. The second-order valence-corrected chi connectivity index (χ2v) is 11.3. The fourth-order valence-corrected chi connectivity index (χ4v) is 5.58. The molecule has 2 aromatic rings. The summed E-state index contributed by atoms with van der Waals surface area (Å²) in [6.45, 7) is 4.04. The van der Waals surface area contributed by atoms with Gasteiger partial charge in [0.2, 0.25) is 17.7 Å². The number of ether oxygens (including phenoxy) is 1. The van der Waals surface area contributed by atoms with Gasteiger partial charge < -0.3 is 20.7 Å². The fraction of sp³-hybridized carbons (Fsp3) is 0.467. The number of ketones is 1. The summed E-state index contributed by atoms with van der Waals surface area (Å²) >= 11 is 6.30. The van der Waals surface area contributed by atoms with Crippen molar-refractivity contribution in [3.8, 4) is 5.75 Å². The molecule has 0 heterocycles. The first kappa shape index (κ1) is 33.8. The topological polar surface area (TPSA) is 114 Å². The number of benzene rings is 2. The van der Waals surface area contributed by atoms with E-state index in [1.54, 1.807) is 0 Å². The molecule has 8 nitrogen and oxygen atoms in total. The van der Waals surface area contributed by atoms with Gasteiger partial charge in [0.25, 0.3) is 5.78 Å². The van der Waals surface area contributed by atoms with Gasteiger partial charge in [-0.2, -0.15) is 13.2 Å². The fourth-order valence-electron chi connectivity index (χ4n) is 5.24. The number of hydrogen-bond donors (Lipinski definition) is 3. The molecule has 1 aliphatic rings. The molecule has 0 saturated heterocycles. The van der Waals surface area contributed by atoms with Crippen molar-refractivity contribution in [2.24, 2.45) is 5.92 Å². The van der Waals surface area contributed by atoms with Gasteiger partial charge in [-0.15, -0.1) is 0 Å². The Kier molecular flexibility index (Phi) is 10.8. The highest BCUT2D eigenvalue weighted by Crippen LogP contribution is 2.45. The van der Waals surface area contributed by atoms with Gasteiger partial charge in [-0.1, -0.05) is 56.5 Å². The molecule has 43 heavy (non-hydrogen) atoms. The predicted molar refractivity (Wildman–Crippen MR) is 151 cm³/mol. The molecule has 0 bridgehead atoms. The van der Waals surface area contributed by atoms with Gasteiger partial charge in [-0.3, -0.25) is 19.2 Å². The number of carbonyl (C=O) groups excluding carboxylic acids is 4. The summed E-state index contributed by atoms with van der Waals surface area (Å²) in [5.74, 6) is -5.83. The minimum atomic E-state index is -5.20. The number of alkyl halides is 3. The first-order valence-electron chi connectivity index (χ1n) is 13.7. The SMILES string of the molecule is COc1ccc(C(NC(=O)C(C)NC(=O)C2(c3c(F)cccc3Cl)CCCC2)C(=O)NC(C(=O)C(F)(F)F)C(C)C)cc1. The van der Waals surface area contributed by atoms with Crippen molar-refractivity contribution in [1.82, 2.24) is 16.0 Å². The lowest BCUT2D eigenvalue weighted by atomic mass is 9.77. The number of rotatable bonds is 11.